The second-order valence-corrected chi connectivity index (χ2v) is 12.4. The lowest BCUT2D eigenvalue weighted by Crippen LogP contribution is -2.60. The lowest BCUT2D eigenvalue weighted by atomic mass is 9.64. The number of fused-ring (bicyclic) bond motifs is 1. The van der Waals surface area contributed by atoms with Crippen molar-refractivity contribution in [2.45, 2.75) is 83.1 Å². The van der Waals surface area contributed by atoms with Crippen molar-refractivity contribution >= 4 is 35.0 Å². The zero-order valence-electron chi connectivity index (χ0n) is 25.4. The summed E-state index contributed by atoms with van der Waals surface area (Å²) in [5, 5.41) is 11.2. The predicted molar refractivity (Wildman–Crippen MR) is 165 cm³/mol. The third-order valence-electron chi connectivity index (χ3n) is 9.83. The predicted octanol–water partition coefficient (Wildman–Crippen LogP) is 4.85. The van der Waals surface area contributed by atoms with Crippen molar-refractivity contribution < 1.29 is 24.2 Å². The molecule has 0 aromatic heterocycles. The number of hydrogen-bond donors (Lipinski definition) is 1. The Balaban J connectivity index is 1.89. The molecule has 1 aromatic rings. The zero-order chi connectivity index (χ0) is 30.8. The molecule has 2 unspecified atom stereocenters. The summed E-state index contributed by atoms with van der Waals surface area (Å²) in [5.74, 6) is -2.37. The molecule has 7 atom stereocenters. The van der Waals surface area contributed by atoms with E-state index in [1.165, 1.54) is 0 Å². The first-order valence-corrected chi connectivity index (χ1v) is 15.7. The van der Waals surface area contributed by atoms with E-state index in [1.54, 1.807) is 51.1 Å². The van der Waals surface area contributed by atoms with Crippen LogP contribution in [0, 0.1) is 17.8 Å². The van der Waals surface area contributed by atoms with Crippen molar-refractivity contribution in [1.82, 2.24) is 9.80 Å². The number of amides is 3. The highest BCUT2D eigenvalue weighted by atomic mass is 35.5. The smallest absolute Gasteiger partial charge is 0.253 e. The van der Waals surface area contributed by atoms with Crippen LogP contribution in [0.15, 0.2) is 49.6 Å². The molecular formula is C33H46ClN3O5. The normalized spacial score (nSPS) is 29.2. The molecule has 3 saturated heterocycles. The molecule has 0 aliphatic carbocycles. The molecule has 4 rings (SSSR count). The molecule has 1 spiro atoms. The number of nitrogens with zero attached hydrogens (tertiary/aromatic N) is 3. The van der Waals surface area contributed by atoms with E-state index in [0.717, 1.165) is 6.42 Å². The molecule has 3 aliphatic heterocycles. The van der Waals surface area contributed by atoms with Gasteiger partial charge in [0, 0.05) is 30.3 Å². The van der Waals surface area contributed by atoms with Crippen LogP contribution in [0.25, 0.3) is 0 Å². The van der Waals surface area contributed by atoms with Crippen LogP contribution < -0.4 is 4.90 Å². The summed E-state index contributed by atoms with van der Waals surface area (Å²) in [4.78, 5) is 48.8. The average molecular weight is 600 g/mol. The maximum absolute atomic E-state index is 14.8. The van der Waals surface area contributed by atoms with Gasteiger partial charge in [-0.1, -0.05) is 57.9 Å². The number of benzene rings is 1. The van der Waals surface area contributed by atoms with Gasteiger partial charge in [0.05, 0.1) is 30.1 Å². The maximum Gasteiger partial charge on any atom is 0.253 e. The number of rotatable bonds is 14. The van der Waals surface area contributed by atoms with Gasteiger partial charge in [0.15, 0.2) is 0 Å². The van der Waals surface area contributed by atoms with Crippen molar-refractivity contribution in [3.63, 3.8) is 0 Å². The van der Waals surface area contributed by atoms with Gasteiger partial charge in [-0.25, -0.2) is 0 Å². The maximum atomic E-state index is 14.8. The van der Waals surface area contributed by atoms with Crippen LogP contribution in [-0.2, 0) is 19.1 Å². The molecule has 1 N–H and O–H groups in total. The van der Waals surface area contributed by atoms with E-state index in [0.29, 0.717) is 49.5 Å². The molecule has 1 aromatic carbocycles. The van der Waals surface area contributed by atoms with Gasteiger partial charge in [-0.2, -0.15) is 0 Å². The highest BCUT2D eigenvalue weighted by molar-refractivity contribution is 6.30. The average Bonchev–Trinajstić information content (AvgIpc) is 3.60. The van der Waals surface area contributed by atoms with Crippen LogP contribution in [0.2, 0.25) is 5.02 Å². The van der Waals surface area contributed by atoms with Crippen LogP contribution in [0.5, 0.6) is 0 Å². The number of aliphatic hydroxyl groups excluding tert-OH is 1. The SMILES string of the molecule is C=CCN(CCC)C(=O)[C@@H]1[C@H]2C(=O)N([C@@H](CO)[C@@H](C)CC)C(C(=O)N(CC=C)c3ccc(Cl)cc3)C23CC[C@@]1(CC)O3. The van der Waals surface area contributed by atoms with Gasteiger partial charge in [-0.3, -0.25) is 14.4 Å². The fourth-order valence-electron chi connectivity index (χ4n) is 7.62. The molecule has 3 heterocycles. The molecule has 3 fully saturated rings. The number of likely N-dealkylation sites (tertiary alicyclic amines) is 1. The summed E-state index contributed by atoms with van der Waals surface area (Å²) in [6.45, 7) is 16.5. The van der Waals surface area contributed by atoms with Crippen molar-refractivity contribution in [3.05, 3.63) is 54.6 Å². The largest absolute Gasteiger partial charge is 0.394 e. The lowest BCUT2D eigenvalue weighted by molar-refractivity contribution is -0.154. The Morgan fingerprint density at radius 2 is 1.81 bits per heavy atom. The number of ether oxygens (including phenoxy) is 1. The summed E-state index contributed by atoms with van der Waals surface area (Å²) in [6.07, 6.45) is 6.41. The Morgan fingerprint density at radius 1 is 1.14 bits per heavy atom. The van der Waals surface area contributed by atoms with E-state index in [1.807, 2.05) is 27.7 Å². The summed E-state index contributed by atoms with van der Waals surface area (Å²) in [6, 6.07) is 5.35. The molecule has 3 aliphatic rings. The molecule has 8 nitrogen and oxygen atoms in total. The molecule has 0 radical (unpaired) electrons. The Hall–Kier alpha value is -2.68. The number of carbonyl (C=O) groups excluding carboxylic acids is 3. The van der Waals surface area contributed by atoms with Gasteiger partial charge in [0.25, 0.3) is 5.91 Å². The first-order chi connectivity index (χ1) is 20.1. The highest BCUT2D eigenvalue weighted by Gasteiger charge is 2.79. The molecule has 2 bridgehead atoms. The first-order valence-electron chi connectivity index (χ1n) is 15.3. The van der Waals surface area contributed by atoms with E-state index in [2.05, 4.69) is 13.2 Å². The van der Waals surface area contributed by atoms with Crippen molar-refractivity contribution in [1.29, 1.82) is 0 Å². The van der Waals surface area contributed by atoms with Crippen molar-refractivity contribution in [2.75, 3.05) is 31.1 Å². The standard InChI is InChI=1S/C33H46ClN3O5/c1-7-18-35(19-8-2)29(39)26-27-30(40)37(25(21-38)22(6)10-4)28(33(27)17-16-32(26,11-5)42-33)31(41)36(20-9-3)24-14-12-23(34)13-15-24/h7,9,12-15,22,25-28,38H,1,3,8,10-11,16-21H2,2,4-6H3/t22-,25-,26-,27-,28?,32+,33?/m0/s1. The second-order valence-electron chi connectivity index (χ2n) is 12.0. The van der Waals surface area contributed by atoms with Crippen LogP contribution >= 0.6 is 11.6 Å². The first kappa shape index (κ1) is 32.2. The third-order valence-corrected chi connectivity index (χ3v) is 10.1. The number of halogens is 1. The fourth-order valence-corrected chi connectivity index (χ4v) is 7.74. The van der Waals surface area contributed by atoms with Crippen LogP contribution in [0.4, 0.5) is 5.69 Å². The van der Waals surface area contributed by atoms with Gasteiger partial charge in [-0.15, -0.1) is 13.2 Å². The second kappa shape index (κ2) is 12.9. The van der Waals surface area contributed by atoms with Crippen LogP contribution in [0.1, 0.15) is 59.8 Å². The highest BCUT2D eigenvalue weighted by Crippen LogP contribution is 2.65. The Morgan fingerprint density at radius 3 is 2.36 bits per heavy atom. The topological polar surface area (TPSA) is 90.4 Å². The van der Waals surface area contributed by atoms with Gasteiger partial charge in [0.2, 0.25) is 11.8 Å². The number of carbonyl (C=O) groups is 3. The van der Waals surface area contributed by atoms with Crippen molar-refractivity contribution in [3.8, 4) is 0 Å². The summed E-state index contributed by atoms with van der Waals surface area (Å²) < 4.78 is 6.97. The van der Waals surface area contributed by atoms with Gasteiger partial charge in [0.1, 0.15) is 11.6 Å². The summed E-state index contributed by atoms with van der Waals surface area (Å²) >= 11 is 6.16. The molecule has 0 saturated carbocycles. The van der Waals surface area contributed by atoms with E-state index in [9.17, 15) is 19.5 Å². The van der Waals surface area contributed by atoms with Gasteiger partial charge in [-0.05, 0) is 55.9 Å². The summed E-state index contributed by atoms with van der Waals surface area (Å²) in [5.41, 5.74) is -1.42. The molecule has 9 heteroatoms. The Labute approximate surface area is 255 Å². The van der Waals surface area contributed by atoms with Gasteiger partial charge >= 0.3 is 0 Å². The molecular weight excluding hydrogens is 554 g/mol. The van der Waals surface area contributed by atoms with E-state index >= 15 is 0 Å². The zero-order valence-corrected chi connectivity index (χ0v) is 26.2. The quantitative estimate of drug-likeness (QED) is 0.309. The van der Waals surface area contributed by atoms with Crippen LogP contribution in [-0.4, -0.2) is 82.2 Å². The van der Waals surface area contributed by atoms with E-state index < -0.39 is 35.1 Å². The van der Waals surface area contributed by atoms with Gasteiger partial charge < -0.3 is 24.5 Å². The monoisotopic (exact) mass is 599 g/mol. The van der Waals surface area contributed by atoms with Crippen LogP contribution in [0.3, 0.4) is 0 Å². The third kappa shape index (κ3) is 5.09. The Kier molecular flexibility index (Phi) is 9.90. The minimum atomic E-state index is -1.19. The molecule has 3 amide bonds. The minimum absolute atomic E-state index is 0.0864. The minimum Gasteiger partial charge on any atom is -0.394 e. The number of aliphatic hydroxyl groups is 1. The van der Waals surface area contributed by atoms with E-state index in [4.69, 9.17) is 16.3 Å². The Bertz CT molecular complexity index is 1190. The molecule has 42 heavy (non-hydrogen) atoms. The lowest BCUT2D eigenvalue weighted by Gasteiger charge is -2.41. The number of hydrogen-bond acceptors (Lipinski definition) is 5. The van der Waals surface area contributed by atoms with E-state index in [-0.39, 0.29) is 36.8 Å². The number of anilines is 1. The van der Waals surface area contributed by atoms with Crippen molar-refractivity contribution in [2.24, 2.45) is 17.8 Å². The summed E-state index contributed by atoms with van der Waals surface area (Å²) in [7, 11) is 0. The fraction of sp³-hybridized carbons (Fsp3) is 0.606. The molecule has 230 valence electrons.